The highest BCUT2D eigenvalue weighted by Gasteiger charge is 2.28. The van der Waals surface area contributed by atoms with Crippen LogP contribution in [-0.2, 0) is 14.8 Å². The van der Waals surface area contributed by atoms with Crippen molar-refractivity contribution in [2.75, 3.05) is 18.5 Å². The third-order valence-electron chi connectivity index (χ3n) is 3.89. The van der Waals surface area contributed by atoms with E-state index in [-0.39, 0.29) is 10.5 Å². The molecule has 0 heterocycles. The quantitative estimate of drug-likeness (QED) is 0.725. The normalized spacial score (nSPS) is 11.8. The summed E-state index contributed by atoms with van der Waals surface area (Å²) in [5.41, 5.74) is 0.455. The Balaban J connectivity index is 2.51. The highest BCUT2D eigenvalue weighted by atomic mass is 32.2. The number of carbonyl (C=O) groups is 1. The first-order valence-electron chi connectivity index (χ1n) is 8.43. The van der Waals surface area contributed by atoms with Crippen molar-refractivity contribution in [1.82, 2.24) is 0 Å². The lowest BCUT2D eigenvalue weighted by Gasteiger charge is -2.26. The van der Waals surface area contributed by atoms with E-state index in [9.17, 15) is 13.2 Å². The number of nitrogens with zero attached hydrogens (tertiary/aromatic N) is 1. The van der Waals surface area contributed by atoms with Crippen LogP contribution in [0.15, 0.2) is 47.4 Å². The molecule has 6 nitrogen and oxygen atoms in total. The number of methoxy groups -OCH3 is 1. The van der Waals surface area contributed by atoms with Gasteiger partial charge in [-0.15, -0.1) is 0 Å². The fourth-order valence-electron chi connectivity index (χ4n) is 2.60. The smallest absolute Gasteiger partial charge is 0.340 e. The standard InChI is InChI=1S/C20H25NO5S/c1-14-8-7-9-17(19(22)26-20(2,3)4)18(14)21(5)27(23,24)16-12-10-15(25-6)11-13-16/h7-13H,1-6H3. The number of sulfonamides is 1. The maximum absolute atomic E-state index is 13.1. The van der Waals surface area contributed by atoms with Gasteiger partial charge >= 0.3 is 5.97 Å². The zero-order valence-electron chi connectivity index (χ0n) is 16.4. The van der Waals surface area contributed by atoms with Crippen molar-refractivity contribution in [1.29, 1.82) is 0 Å². The highest BCUT2D eigenvalue weighted by molar-refractivity contribution is 7.92. The minimum Gasteiger partial charge on any atom is -0.497 e. The van der Waals surface area contributed by atoms with Crippen LogP contribution in [0.4, 0.5) is 5.69 Å². The Hall–Kier alpha value is -2.54. The van der Waals surface area contributed by atoms with Gasteiger partial charge in [-0.3, -0.25) is 4.31 Å². The molecule has 0 unspecified atom stereocenters. The zero-order chi connectivity index (χ0) is 20.4. The summed E-state index contributed by atoms with van der Waals surface area (Å²) in [4.78, 5) is 12.7. The maximum Gasteiger partial charge on any atom is 0.340 e. The molecule has 0 aliphatic heterocycles. The summed E-state index contributed by atoms with van der Waals surface area (Å²) in [6, 6.07) is 11.1. The second-order valence-electron chi connectivity index (χ2n) is 7.12. The molecule has 0 radical (unpaired) electrons. The Morgan fingerprint density at radius 3 is 2.15 bits per heavy atom. The number of ether oxygens (including phenoxy) is 2. The van der Waals surface area contributed by atoms with Crippen LogP contribution in [0, 0.1) is 6.92 Å². The van der Waals surface area contributed by atoms with Crippen LogP contribution in [0.2, 0.25) is 0 Å². The SMILES string of the molecule is COc1ccc(S(=O)(=O)N(C)c2c(C)cccc2C(=O)OC(C)(C)C)cc1. The van der Waals surface area contributed by atoms with Gasteiger partial charge in [0.2, 0.25) is 0 Å². The summed E-state index contributed by atoms with van der Waals surface area (Å²) in [5, 5.41) is 0. The summed E-state index contributed by atoms with van der Waals surface area (Å²) in [7, 11) is -0.933. The van der Waals surface area contributed by atoms with E-state index >= 15 is 0 Å². The molecule has 7 heteroatoms. The van der Waals surface area contributed by atoms with E-state index in [1.807, 2.05) is 0 Å². The molecule has 0 atom stereocenters. The predicted molar refractivity (Wildman–Crippen MR) is 105 cm³/mol. The van der Waals surface area contributed by atoms with Crippen LogP contribution in [0.3, 0.4) is 0 Å². The molecule has 146 valence electrons. The van der Waals surface area contributed by atoms with Gasteiger partial charge in [0, 0.05) is 7.05 Å². The number of benzene rings is 2. The molecule has 0 bridgehead atoms. The number of aryl methyl sites for hydroxylation is 1. The third kappa shape index (κ3) is 4.60. The van der Waals surface area contributed by atoms with Crippen molar-refractivity contribution in [3.05, 3.63) is 53.6 Å². The third-order valence-corrected chi connectivity index (χ3v) is 5.66. The summed E-state index contributed by atoms with van der Waals surface area (Å²) >= 11 is 0. The molecule has 0 aliphatic carbocycles. The molecule has 0 saturated carbocycles. The summed E-state index contributed by atoms with van der Waals surface area (Å²) in [6.45, 7) is 7.04. The summed E-state index contributed by atoms with van der Waals surface area (Å²) < 4.78 is 37.8. The average Bonchev–Trinajstić information content (AvgIpc) is 2.59. The minimum atomic E-state index is -3.87. The number of para-hydroxylation sites is 1. The molecule has 0 N–H and O–H groups in total. The van der Waals surface area contributed by atoms with E-state index in [2.05, 4.69) is 0 Å². The number of carbonyl (C=O) groups excluding carboxylic acids is 1. The number of hydrogen-bond donors (Lipinski definition) is 0. The van der Waals surface area contributed by atoms with Gasteiger partial charge in [0.05, 0.1) is 23.3 Å². The lowest BCUT2D eigenvalue weighted by Crippen LogP contribution is -2.30. The Kier molecular flexibility index (Phi) is 5.85. The second kappa shape index (κ2) is 7.60. The molecule has 0 spiro atoms. The Labute approximate surface area is 160 Å². The van der Waals surface area contributed by atoms with Gasteiger partial charge in [0.1, 0.15) is 11.4 Å². The summed E-state index contributed by atoms with van der Waals surface area (Å²) in [5.74, 6) is -0.0140. The van der Waals surface area contributed by atoms with E-state index in [1.165, 1.54) is 26.3 Å². The monoisotopic (exact) mass is 391 g/mol. The van der Waals surface area contributed by atoms with E-state index < -0.39 is 21.6 Å². The molecule has 2 aromatic carbocycles. The first kappa shape index (κ1) is 20.8. The minimum absolute atomic E-state index is 0.101. The van der Waals surface area contributed by atoms with E-state index in [0.717, 1.165) is 4.31 Å². The van der Waals surface area contributed by atoms with Crippen LogP contribution in [0.5, 0.6) is 5.75 Å². The van der Waals surface area contributed by atoms with Gasteiger partial charge in [-0.1, -0.05) is 12.1 Å². The number of hydrogen-bond acceptors (Lipinski definition) is 5. The average molecular weight is 391 g/mol. The molecule has 27 heavy (non-hydrogen) atoms. The zero-order valence-corrected chi connectivity index (χ0v) is 17.3. The second-order valence-corrected chi connectivity index (χ2v) is 9.09. The van der Waals surface area contributed by atoms with E-state index in [1.54, 1.807) is 58.0 Å². The predicted octanol–water partition coefficient (Wildman–Crippen LogP) is 3.78. The molecule has 2 aromatic rings. The fourth-order valence-corrected chi connectivity index (χ4v) is 3.88. The number of rotatable bonds is 5. The molecular formula is C20H25NO5S. The maximum atomic E-state index is 13.1. The van der Waals surface area contributed by atoms with Crippen molar-refractivity contribution in [3.63, 3.8) is 0 Å². The molecule has 0 aliphatic rings. The van der Waals surface area contributed by atoms with Gasteiger partial charge in [-0.05, 0) is 63.6 Å². The molecule has 0 aromatic heterocycles. The van der Waals surface area contributed by atoms with Gasteiger partial charge in [0.25, 0.3) is 10.0 Å². The first-order valence-corrected chi connectivity index (χ1v) is 9.87. The van der Waals surface area contributed by atoms with Crippen molar-refractivity contribution in [2.45, 2.75) is 38.2 Å². The molecular weight excluding hydrogens is 366 g/mol. The Bertz CT molecular complexity index is 928. The van der Waals surface area contributed by atoms with Gasteiger partial charge in [-0.2, -0.15) is 0 Å². The van der Waals surface area contributed by atoms with Crippen molar-refractivity contribution in [2.24, 2.45) is 0 Å². The van der Waals surface area contributed by atoms with Crippen molar-refractivity contribution < 1.29 is 22.7 Å². The first-order chi connectivity index (χ1) is 12.5. The lowest BCUT2D eigenvalue weighted by molar-refractivity contribution is 0.00704. The highest BCUT2D eigenvalue weighted by Crippen LogP contribution is 2.31. The molecule has 0 amide bonds. The van der Waals surface area contributed by atoms with Crippen LogP contribution in [0.1, 0.15) is 36.7 Å². The van der Waals surface area contributed by atoms with Crippen molar-refractivity contribution in [3.8, 4) is 5.75 Å². The van der Waals surface area contributed by atoms with Gasteiger partial charge in [0.15, 0.2) is 0 Å². The number of anilines is 1. The Morgan fingerprint density at radius 2 is 1.63 bits per heavy atom. The largest absolute Gasteiger partial charge is 0.497 e. The lowest BCUT2D eigenvalue weighted by atomic mass is 10.1. The van der Waals surface area contributed by atoms with Crippen LogP contribution < -0.4 is 9.04 Å². The van der Waals surface area contributed by atoms with Crippen LogP contribution in [-0.4, -0.2) is 34.1 Å². The number of esters is 1. The van der Waals surface area contributed by atoms with Gasteiger partial charge < -0.3 is 9.47 Å². The fraction of sp³-hybridized carbons (Fsp3) is 0.350. The van der Waals surface area contributed by atoms with E-state index in [0.29, 0.717) is 17.0 Å². The topological polar surface area (TPSA) is 72.9 Å². The van der Waals surface area contributed by atoms with Crippen molar-refractivity contribution >= 4 is 21.7 Å². The van der Waals surface area contributed by atoms with Crippen LogP contribution in [0.25, 0.3) is 0 Å². The Morgan fingerprint density at radius 1 is 1.04 bits per heavy atom. The van der Waals surface area contributed by atoms with E-state index in [4.69, 9.17) is 9.47 Å². The molecule has 0 saturated heterocycles. The van der Waals surface area contributed by atoms with Gasteiger partial charge in [-0.25, -0.2) is 13.2 Å². The summed E-state index contributed by atoms with van der Waals surface area (Å²) in [6.07, 6.45) is 0. The van der Waals surface area contributed by atoms with Crippen LogP contribution >= 0.6 is 0 Å². The molecule has 0 fully saturated rings. The molecule has 2 rings (SSSR count).